The molecule has 1 N–H and O–H groups in total. The van der Waals surface area contributed by atoms with E-state index in [-0.39, 0.29) is 10.6 Å². The van der Waals surface area contributed by atoms with Gasteiger partial charge in [-0.25, -0.2) is 4.98 Å². The third kappa shape index (κ3) is 3.25. The van der Waals surface area contributed by atoms with E-state index >= 15 is 0 Å². The average Bonchev–Trinajstić information content (AvgIpc) is 2.87. The van der Waals surface area contributed by atoms with Crippen molar-refractivity contribution in [3.05, 3.63) is 27.9 Å². The lowest BCUT2D eigenvalue weighted by molar-refractivity contribution is -0.385. The second-order valence-corrected chi connectivity index (χ2v) is 5.63. The van der Waals surface area contributed by atoms with E-state index in [0.29, 0.717) is 17.6 Å². The van der Waals surface area contributed by atoms with E-state index in [1.807, 2.05) is 6.07 Å². The number of aromatic nitrogens is 1. The summed E-state index contributed by atoms with van der Waals surface area (Å²) in [4.78, 5) is 17.0. The van der Waals surface area contributed by atoms with Crippen molar-refractivity contribution in [2.75, 3.05) is 18.0 Å². The molecule has 1 aliphatic heterocycles. The summed E-state index contributed by atoms with van der Waals surface area (Å²) in [6, 6.07) is 2.60. The minimum atomic E-state index is -0.385. The summed E-state index contributed by atoms with van der Waals surface area (Å²) in [7, 11) is 0. The third-order valence-electron chi connectivity index (χ3n) is 3.76. The summed E-state index contributed by atoms with van der Waals surface area (Å²) < 4.78 is 0. The van der Waals surface area contributed by atoms with Gasteiger partial charge in [0.25, 0.3) is 5.69 Å². The fourth-order valence-electron chi connectivity index (χ4n) is 2.60. The van der Waals surface area contributed by atoms with Crippen LogP contribution in [-0.4, -0.2) is 35.1 Å². The van der Waals surface area contributed by atoms with Crippen LogP contribution in [0.1, 0.15) is 32.3 Å². The molecule has 0 aliphatic carbocycles. The molecule has 0 aromatic carbocycles. The topological polar surface area (TPSA) is 71.3 Å². The van der Waals surface area contributed by atoms with Gasteiger partial charge in [-0.15, -0.1) is 0 Å². The highest BCUT2D eigenvalue weighted by molar-refractivity contribution is 5.49. The van der Waals surface area contributed by atoms with Crippen molar-refractivity contribution in [2.24, 2.45) is 0 Å². The van der Waals surface area contributed by atoms with Crippen LogP contribution in [0.5, 0.6) is 0 Å². The first-order valence-electron chi connectivity index (χ1n) is 7.10. The van der Waals surface area contributed by atoms with Crippen molar-refractivity contribution in [1.82, 2.24) is 10.3 Å². The van der Waals surface area contributed by atoms with Gasteiger partial charge in [0.1, 0.15) is 12.0 Å². The first-order valence-corrected chi connectivity index (χ1v) is 7.10. The Morgan fingerprint density at radius 3 is 2.85 bits per heavy atom. The highest BCUT2D eigenvalue weighted by Gasteiger charge is 2.22. The van der Waals surface area contributed by atoms with Gasteiger partial charge in [-0.3, -0.25) is 10.1 Å². The second-order valence-electron chi connectivity index (χ2n) is 5.63. The summed E-state index contributed by atoms with van der Waals surface area (Å²) in [6.45, 7) is 7.96. The molecule has 1 aromatic rings. The molecule has 0 amide bonds. The fourth-order valence-corrected chi connectivity index (χ4v) is 2.60. The van der Waals surface area contributed by atoms with Crippen LogP contribution >= 0.6 is 0 Å². The number of pyridine rings is 1. The monoisotopic (exact) mass is 278 g/mol. The Morgan fingerprint density at radius 1 is 1.60 bits per heavy atom. The van der Waals surface area contributed by atoms with E-state index < -0.39 is 0 Å². The molecule has 0 radical (unpaired) electrons. The van der Waals surface area contributed by atoms with Gasteiger partial charge >= 0.3 is 0 Å². The molecule has 0 bridgehead atoms. The smallest absolute Gasteiger partial charge is 0.290 e. The largest absolute Gasteiger partial charge is 0.353 e. The molecule has 6 nitrogen and oxygen atoms in total. The van der Waals surface area contributed by atoms with Crippen LogP contribution in [0.4, 0.5) is 11.5 Å². The van der Waals surface area contributed by atoms with E-state index in [4.69, 9.17) is 0 Å². The van der Waals surface area contributed by atoms with Crippen molar-refractivity contribution >= 4 is 11.5 Å². The zero-order valence-electron chi connectivity index (χ0n) is 12.3. The molecule has 6 heteroatoms. The number of nitro groups is 1. The highest BCUT2D eigenvalue weighted by Crippen LogP contribution is 2.23. The van der Waals surface area contributed by atoms with Crippen LogP contribution in [0.25, 0.3) is 0 Å². The minimum Gasteiger partial charge on any atom is -0.353 e. The fraction of sp³-hybridized carbons (Fsp3) is 0.643. The highest BCUT2D eigenvalue weighted by atomic mass is 16.6. The maximum atomic E-state index is 10.9. The number of aryl methyl sites for hydroxylation is 1. The van der Waals surface area contributed by atoms with Crippen molar-refractivity contribution < 1.29 is 4.92 Å². The zero-order valence-corrected chi connectivity index (χ0v) is 12.3. The Hall–Kier alpha value is -1.69. The molecule has 1 atom stereocenters. The molecule has 20 heavy (non-hydrogen) atoms. The maximum Gasteiger partial charge on any atom is 0.290 e. The van der Waals surface area contributed by atoms with Gasteiger partial charge in [0.05, 0.1) is 4.92 Å². The van der Waals surface area contributed by atoms with E-state index in [1.165, 1.54) is 19.0 Å². The summed E-state index contributed by atoms with van der Waals surface area (Å²) in [6.07, 6.45) is 3.75. The lowest BCUT2D eigenvalue weighted by Gasteiger charge is -2.30. The van der Waals surface area contributed by atoms with Crippen LogP contribution in [0.15, 0.2) is 12.3 Å². The van der Waals surface area contributed by atoms with Gasteiger partial charge in [0.2, 0.25) is 0 Å². The third-order valence-corrected chi connectivity index (χ3v) is 3.76. The first-order chi connectivity index (χ1) is 9.49. The van der Waals surface area contributed by atoms with Gasteiger partial charge < -0.3 is 10.2 Å². The molecular formula is C14H22N4O2. The van der Waals surface area contributed by atoms with Crippen LogP contribution in [0, 0.1) is 17.0 Å². The molecular weight excluding hydrogens is 256 g/mol. The summed E-state index contributed by atoms with van der Waals surface area (Å²) in [5, 5.41) is 14.3. The number of hydrogen-bond donors (Lipinski definition) is 1. The Kier molecular flexibility index (Phi) is 4.54. The van der Waals surface area contributed by atoms with Gasteiger partial charge in [-0.2, -0.15) is 0 Å². The maximum absolute atomic E-state index is 10.9. The number of rotatable bonds is 5. The molecule has 1 aromatic heterocycles. The molecule has 1 aliphatic rings. The van der Waals surface area contributed by atoms with Crippen molar-refractivity contribution in [3.63, 3.8) is 0 Å². The number of hydrogen-bond acceptors (Lipinski definition) is 5. The Labute approximate surface area is 119 Å². The van der Waals surface area contributed by atoms with Gasteiger partial charge in [-0.1, -0.05) is 0 Å². The zero-order chi connectivity index (χ0) is 14.7. The Morgan fingerprint density at radius 2 is 2.35 bits per heavy atom. The predicted octanol–water partition coefficient (Wildman–Crippen LogP) is 2.27. The van der Waals surface area contributed by atoms with E-state index in [0.717, 1.165) is 18.9 Å². The van der Waals surface area contributed by atoms with Crippen molar-refractivity contribution in [1.29, 1.82) is 0 Å². The van der Waals surface area contributed by atoms with E-state index in [2.05, 4.69) is 29.0 Å². The second kappa shape index (κ2) is 6.17. The number of nitrogens with one attached hydrogen (secondary N) is 1. The predicted molar refractivity (Wildman–Crippen MR) is 79.1 cm³/mol. The van der Waals surface area contributed by atoms with Gasteiger partial charge in [-0.05, 0) is 46.2 Å². The number of anilines is 1. The molecule has 2 rings (SSSR count). The van der Waals surface area contributed by atoms with Crippen LogP contribution in [-0.2, 0) is 0 Å². The minimum absolute atomic E-state index is 0.0800. The van der Waals surface area contributed by atoms with Crippen molar-refractivity contribution in [2.45, 2.75) is 45.7 Å². The molecule has 0 saturated carbocycles. The molecule has 1 unspecified atom stereocenters. The average molecular weight is 278 g/mol. The number of nitrogens with zero attached hydrogens (tertiary/aromatic N) is 3. The normalized spacial score (nSPS) is 18.5. The first kappa shape index (κ1) is 14.7. The molecule has 110 valence electrons. The van der Waals surface area contributed by atoms with Crippen molar-refractivity contribution in [3.8, 4) is 0 Å². The lowest BCUT2D eigenvalue weighted by Crippen LogP contribution is -2.41. The summed E-state index contributed by atoms with van der Waals surface area (Å²) in [5.41, 5.74) is 0.737. The molecule has 1 saturated heterocycles. The molecule has 2 heterocycles. The van der Waals surface area contributed by atoms with Crippen LogP contribution < -0.4 is 10.2 Å². The quantitative estimate of drug-likeness (QED) is 0.661. The van der Waals surface area contributed by atoms with Crippen LogP contribution in [0.2, 0.25) is 0 Å². The van der Waals surface area contributed by atoms with E-state index in [1.54, 1.807) is 6.92 Å². The molecule has 1 fully saturated rings. The Bertz CT molecular complexity index is 484. The van der Waals surface area contributed by atoms with Gasteiger partial charge in [0.15, 0.2) is 0 Å². The summed E-state index contributed by atoms with van der Waals surface area (Å²) >= 11 is 0. The standard InChI is InChI=1S/C14H22N4O2/c1-10(2)17(9-12-5-4-6-15-12)14-7-11(3)13(8-16-14)18(19)20/h7-8,10,12,15H,4-6,9H2,1-3H3. The lowest BCUT2D eigenvalue weighted by atomic mass is 10.1. The summed E-state index contributed by atoms with van der Waals surface area (Å²) in [5.74, 6) is 0.816. The van der Waals surface area contributed by atoms with E-state index in [9.17, 15) is 10.1 Å². The Balaban J connectivity index is 2.20. The van der Waals surface area contributed by atoms with Gasteiger partial charge in [0, 0.05) is 24.2 Å². The SMILES string of the molecule is Cc1cc(N(CC2CCCN2)C(C)C)ncc1[N+](=O)[O-]. The van der Waals surface area contributed by atoms with Crippen LogP contribution in [0.3, 0.4) is 0 Å². The molecule has 0 spiro atoms.